The summed E-state index contributed by atoms with van der Waals surface area (Å²) in [5.41, 5.74) is -1.31. The summed E-state index contributed by atoms with van der Waals surface area (Å²) in [7, 11) is 0. The van der Waals surface area contributed by atoms with Gasteiger partial charge in [0.05, 0.1) is 17.6 Å². The van der Waals surface area contributed by atoms with Gasteiger partial charge in [0.15, 0.2) is 0 Å². The van der Waals surface area contributed by atoms with Crippen molar-refractivity contribution < 1.29 is 20.1 Å². The van der Waals surface area contributed by atoms with Crippen LogP contribution < -0.4 is 0 Å². The van der Waals surface area contributed by atoms with Crippen LogP contribution in [0.15, 0.2) is 0 Å². The van der Waals surface area contributed by atoms with Crippen LogP contribution >= 0.6 is 0 Å². The molecule has 0 aromatic carbocycles. The summed E-state index contributed by atoms with van der Waals surface area (Å²) >= 11 is 0. The molecule has 1 spiro atoms. The fourth-order valence-electron chi connectivity index (χ4n) is 8.06. The van der Waals surface area contributed by atoms with E-state index in [1.807, 2.05) is 6.92 Å². The number of carboxylic acid groups (broad SMARTS) is 1. The van der Waals surface area contributed by atoms with Gasteiger partial charge in [-0.05, 0) is 86.9 Å². The average Bonchev–Trinajstić information content (AvgIpc) is 2.73. The summed E-state index contributed by atoms with van der Waals surface area (Å²) < 4.78 is 0. The van der Waals surface area contributed by atoms with Gasteiger partial charge in [-0.3, -0.25) is 4.79 Å². The number of rotatable bonds is 2. The van der Waals surface area contributed by atoms with Gasteiger partial charge in [0.2, 0.25) is 0 Å². The van der Waals surface area contributed by atoms with Crippen molar-refractivity contribution in [2.24, 2.45) is 34.0 Å². The van der Waals surface area contributed by atoms with Crippen LogP contribution in [0.25, 0.3) is 0 Å². The van der Waals surface area contributed by atoms with Crippen LogP contribution in [-0.4, -0.2) is 33.5 Å². The zero-order chi connectivity index (χ0) is 17.4. The fraction of sp³-hybridized carbons (Fsp3) is 0.950. The molecule has 4 nitrogen and oxygen atoms in total. The first kappa shape index (κ1) is 16.8. The van der Waals surface area contributed by atoms with Crippen LogP contribution in [0.2, 0.25) is 0 Å². The second-order valence-corrected chi connectivity index (χ2v) is 10.0. The highest BCUT2D eigenvalue weighted by Gasteiger charge is 2.68. The highest BCUT2D eigenvalue weighted by Crippen LogP contribution is 2.72. The maximum atomic E-state index is 12.1. The Balaban J connectivity index is 1.73. The molecule has 4 heteroatoms. The molecule has 0 aromatic rings. The number of aliphatic hydroxyl groups excluding tert-OH is 1. The second kappa shape index (κ2) is 4.97. The molecular formula is C20H32O4. The minimum atomic E-state index is -0.900. The fourth-order valence-corrected chi connectivity index (χ4v) is 8.06. The standard InChI is InChI=1S/C20H32O4/c1-17-7-3-8-18(2,16(22)23)14(17)6-9-19-10-13(4-5-15(17)19)20(24,11-19)12-21/h13-15,21,24H,3-12H2,1-2H3,(H,22,23)/t13-,14+,15+,17-,18-,19-,20-/m0/s1. The molecule has 0 aromatic heterocycles. The first-order valence-electron chi connectivity index (χ1n) is 9.77. The normalized spacial score (nSPS) is 56.4. The lowest BCUT2D eigenvalue weighted by molar-refractivity contribution is -0.181. The van der Waals surface area contributed by atoms with E-state index in [-0.39, 0.29) is 29.3 Å². The molecule has 7 atom stereocenters. The average molecular weight is 336 g/mol. The molecule has 0 amide bonds. The molecule has 4 rings (SSSR count). The Kier molecular flexibility index (Phi) is 3.49. The maximum absolute atomic E-state index is 12.1. The number of fused-ring (bicyclic) bond motifs is 3. The molecule has 0 heterocycles. The van der Waals surface area contributed by atoms with E-state index in [0.717, 1.165) is 57.8 Å². The lowest BCUT2D eigenvalue weighted by atomic mass is 9.41. The van der Waals surface area contributed by atoms with Crippen LogP contribution in [0.1, 0.15) is 71.6 Å². The van der Waals surface area contributed by atoms with Crippen LogP contribution in [-0.2, 0) is 4.79 Å². The van der Waals surface area contributed by atoms with Crippen LogP contribution in [0, 0.1) is 34.0 Å². The zero-order valence-electron chi connectivity index (χ0n) is 15.1. The minimum absolute atomic E-state index is 0.0648. The molecule has 4 aliphatic rings. The Morgan fingerprint density at radius 1 is 1.08 bits per heavy atom. The summed E-state index contributed by atoms with van der Waals surface area (Å²) in [6.45, 7) is 4.19. The molecule has 4 aliphatic carbocycles. The second-order valence-electron chi connectivity index (χ2n) is 10.0. The van der Waals surface area contributed by atoms with Gasteiger partial charge in [0.25, 0.3) is 0 Å². The molecule has 0 radical (unpaired) electrons. The smallest absolute Gasteiger partial charge is 0.309 e. The van der Waals surface area contributed by atoms with Crippen LogP contribution in [0.5, 0.6) is 0 Å². The van der Waals surface area contributed by atoms with Crippen LogP contribution in [0.3, 0.4) is 0 Å². The van der Waals surface area contributed by atoms with Gasteiger partial charge in [-0.2, -0.15) is 0 Å². The molecule has 4 saturated carbocycles. The number of carboxylic acids is 1. The number of hydrogen-bond acceptors (Lipinski definition) is 3. The van der Waals surface area contributed by atoms with Crippen LogP contribution in [0.4, 0.5) is 0 Å². The monoisotopic (exact) mass is 336 g/mol. The molecule has 0 saturated heterocycles. The van der Waals surface area contributed by atoms with Gasteiger partial charge in [0.1, 0.15) is 0 Å². The lowest BCUT2D eigenvalue weighted by Gasteiger charge is -2.63. The van der Waals surface area contributed by atoms with Crippen molar-refractivity contribution >= 4 is 5.97 Å². The largest absolute Gasteiger partial charge is 0.481 e. The molecule has 0 unspecified atom stereocenters. The topological polar surface area (TPSA) is 77.8 Å². The predicted molar refractivity (Wildman–Crippen MR) is 90.3 cm³/mol. The Bertz CT molecular complexity index is 562. The Morgan fingerprint density at radius 3 is 2.50 bits per heavy atom. The van der Waals surface area contributed by atoms with Crippen molar-refractivity contribution in [2.75, 3.05) is 6.61 Å². The van der Waals surface area contributed by atoms with Gasteiger partial charge in [-0.15, -0.1) is 0 Å². The summed E-state index contributed by atoms with van der Waals surface area (Å²) in [6.07, 6.45) is 8.73. The van der Waals surface area contributed by atoms with Crippen molar-refractivity contribution in [1.29, 1.82) is 0 Å². The van der Waals surface area contributed by atoms with Gasteiger partial charge in [-0.25, -0.2) is 0 Å². The summed E-state index contributed by atoms with van der Waals surface area (Å²) in [4.78, 5) is 12.1. The molecule has 3 N–H and O–H groups in total. The summed E-state index contributed by atoms with van der Waals surface area (Å²) in [5, 5.41) is 30.6. The lowest BCUT2D eigenvalue weighted by Crippen LogP contribution is -2.58. The highest BCUT2D eigenvalue weighted by atomic mass is 16.4. The van der Waals surface area contributed by atoms with E-state index in [2.05, 4.69) is 6.92 Å². The molecule has 136 valence electrons. The summed E-state index contributed by atoms with van der Waals surface area (Å²) in [6, 6.07) is 0. The maximum Gasteiger partial charge on any atom is 0.309 e. The van der Waals surface area contributed by atoms with Gasteiger partial charge in [0, 0.05) is 0 Å². The van der Waals surface area contributed by atoms with Crippen molar-refractivity contribution in [1.82, 2.24) is 0 Å². The Morgan fingerprint density at radius 2 is 1.83 bits per heavy atom. The number of hydrogen-bond donors (Lipinski definition) is 3. The molecule has 4 fully saturated rings. The van der Waals surface area contributed by atoms with Crippen molar-refractivity contribution in [3.05, 3.63) is 0 Å². The minimum Gasteiger partial charge on any atom is -0.481 e. The third-order valence-corrected chi connectivity index (χ3v) is 9.08. The molecule has 24 heavy (non-hydrogen) atoms. The van der Waals surface area contributed by atoms with E-state index in [9.17, 15) is 20.1 Å². The van der Waals surface area contributed by atoms with Gasteiger partial charge in [-0.1, -0.05) is 13.3 Å². The number of carbonyl (C=O) groups is 1. The van der Waals surface area contributed by atoms with Gasteiger partial charge >= 0.3 is 5.97 Å². The van der Waals surface area contributed by atoms with Crippen molar-refractivity contribution in [2.45, 2.75) is 77.2 Å². The summed E-state index contributed by atoms with van der Waals surface area (Å²) in [5.74, 6) is 0.348. The molecule has 0 aliphatic heterocycles. The van der Waals surface area contributed by atoms with E-state index in [1.54, 1.807) is 0 Å². The predicted octanol–water partition coefficient (Wildman–Crippen LogP) is 3.21. The van der Waals surface area contributed by atoms with E-state index < -0.39 is 17.0 Å². The third kappa shape index (κ3) is 1.90. The molecular weight excluding hydrogens is 304 g/mol. The first-order valence-corrected chi connectivity index (χ1v) is 9.77. The van der Waals surface area contributed by atoms with Gasteiger partial charge < -0.3 is 15.3 Å². The number of aliphatic hydroxyl groups is 2. The molecule has 2 bridgehead atoms. The highest BCUT2D eigenvalue weighted by molar-refractivity contribution is 5.75. The third-order valence-electron chi connectivity index (χ3n) is 9.08. The quantitative estimate of drug-likeness (QED) is 0.723. The van der Waals surface area contributed by atoms with E-state index in [1.165, 1.54) is 0 Å². The SMILES string of the molecule is C[C@]12CCC[C@](C)(C(=O)O)[C@@H]1CC[C@@]13C[C@H](CC[C@@H]12)[C@@](O)(CO)C3. The zero-order valence-corrected chi connectivity index (χ0v) is 15.1. The van der Waals surface area contributed by atoms with Crippen molar-refractivity contribution in [3.8, 4) is 0 Å². The van der Waals surface area contributed by atoms with E-state index >= 15 is 0 Å². The Labute approximate surface area is 144 Å². The van der Waals surface area contributed by atoms with E-state index in [4.69, 9.17) is 0 Å². The number of aliphatic carboxylic acids is 1. The first-order chi connectivity index (χ1) is 11.2. The van der Waals surface area contributed by atoms with Crippen molar-refractivity contribution in [3.63, 3.8) is 0 Å². The van der Waals surface area contributed by atoms with E-state index in [0.29, 0.717) is 5.92 Å². The Hall–Kier alpha value is -0.610.